The predicted octanol–water partition coefficient (Wildman–Crippen LogP) is 5.73. The van der Waals surface area contributed by atoms with Crippen molar-refractivity contribution < 1.29 is 9.59 Å². The summed E-state index contributed by atoms with van der Waals surface area (Å²) in [6.07, 6.45) is 0.411. The lowest BCUT2D eigenvalue weighted by Gasteiger charge is -2.37. The van der Waals surface area contributed by atoms with Crippen molar-refractivity contribution in [1.82, 2.24) is 20.0 Å². The van der Waals surface area contributed by atoms with E-state index in [1.165, 1.54) is 0 Å². The predicted molar refractivity (Wildman–Crippen MR) is 152 cm³/mol. The quantitative estimate of drug-likeness (QED) is 0.356. The first-order chi connectivity index (χ1) is 18.2. The molecule has 7 nitrogen and oxygen atoms in total. The van der Waals surface area contributed by atoms with E-state index in [1.54, 1.807) is 17.0 Å². The van der Waals surface area contributed by atoms with Crippen LogP contribution in [0.5, 0.6) is 0 Å². The zero-order valence-electron chi connectivity index (χ0n) is 22.0. The van der Waals surface area contributed by atoms with Gasteiger partial charge in [-0.3, -0.25) is 9.59 Å². The largest absolute Gasteiger partial charge is 0.352 e. The maximum atomic E-state index is 13.3. The lowest BCUT2D eigenvalue weighted by Crippen LogP contribution is -2.52. The van der Waals surface area contributed by atoms with E-state index < -0.39 is 0 Å². The number of rotatable bonds is 8. The molecule has 0 N–H and O–H groups in total. The number of halogens is 2. The summed E-state index contributed by atoms with van der Waals surface area (Å²) >= 11 is 12.3. The Morgan fingerprint density at radius 1 is 0.921 bits per heavy atom. The molecule has 3 aromatic rings. The molecular weight excluding hydrogens is 521 g/mol. The standard InChI is InChI=1S/C29H33Cl2N5O2/c1-20(2)17-28(37)36(21(3)22-7-5-4-6-8-22)19-29(38)35-15-13-34(14-16-35)27-12-11-26(32-33-27)24-10-9-23(30)18-25(24)31/h4-12,18,20-21H,13-17,19H2,1-3H3. The maximum absolute atomic E-state index is 13.3. The fraction of sp³-hybridized carbons (Fsp3) is 0.379. The minimum Gasteiger partial charge on any atom is -0.352 e. The van der Waals surface area contributed by atoms with Gasteiger partial charge < -0.3 is 14.7 Å². The van der Waals surface area contributed by atoms with Crippen LogP contribution in [0.25, 0.3) is 11.3 Å². The topological polar surface area (TPSA) is 69.6 Å². The minimum atomic E-state index is -0.185. The average Bonchev–Trinajstić information content (AvgIpc) is 2.91. The zero-order chi connectivity index (χ0) is 27.2. The van der Waals surface area contributed by atoms with Crippen LogP contribution in [0.15, 0.2) is 60.7 Å². The average molecular weight is 555 g/mol. The van der Waals surface area contributed by atoms with E-state index in [0.29, 0.717) is 48.3 Å². The van der Waals surface area contributed by atoms with Gasteiger partial charge in [0.25, 0.3) is 0 Å². The van der Waals surface area contributed by atoms with Crippen molar-refractivity contribution in [3.8, 4) is 11.3 Å². The molecule has 1 atom stereocenters. The summed E-state index contributed by atoms with van der Waals surface area (Å²) in [5.41, 5.74) is 2.46. The van der Waals surface area contributed by atoms with Crippen molar-refractivity contribution in [2.45, 2.75) is 33.2 Å². The molecule has 4 rings (SSSR count). The first-order valence-electron chi connectivity index (χ1n) is 12.9. The molecule has 1 aromatic heterocycles. The van der Waals surface area contributed by atoms with E-state index in [1.807, 2.05) is 74.2 Å². The van der Waals surface area contributed by atoms with Gasteiger partial charge in [0.1, 0.15) is 6.54 Å². The number of benzene rings is 2. The molecule has 200 valence electrons. The van der Waals surface area contributed by atoms with Crippen molar-refractivity contribution in [3.63, 3.8) is 0 Å². The highest BCUT2D eigenvalue weighted by atomic mass is 35.5. The Kier molecular flexibility index (Phi) is 9.23. The molecule has 38 heavy (non-hydrogen) atoms. The summed E-state index contributed by atoms with van der Waals surface area (Å²) < 4.78 is 0. The number of aromatic nitrogens is 2. The Balaban J connectivity index is 1.38. The lowest BCUT2D eigenvalue weighted by molar-refractivity contribution is -0.143. The van der Waals surface area contributed by atoms with Crippen molar-refractivity contribution in [2.75, 3.05) is 37.6 Å². The van der Waals surface area contributed by atoms with Crippen LogP contribution in [-0.4, -0.2) is 64.5 Å². The molecule has 2 aromatic carbocycles. The molecule has 0 bridgehead atoms. The Labute approximate surface area is 234 Å². The van der Waals surface area contributed by atoms with E-state index in [9.17, 15) is 9.59 Å². The normalized spacial score (nSPS) is 14.5. The first-order valence-corrected chi connectivity index (χ1v) is 13.6. The van der Waals surface area contributed by atoms with Gasteiger partial charge in [-0.25, -0.2) is 0 Å². The van der Waals surface area contributed by atoms with Crippen molar-refractivity contribution in [1.29, 1.82) is 0 Å². The zero-order valence-corrected chi connectivity index (χ0v) is 23.5. The fourth-order valence-corrected chi connectivity index (χ4v) is 5.09. The molecule has 1 aliphatic rings. The molecule has 0 saturated carbocycles. The summed E-state index contributed by atoms with van der Waals surface area (Å²) in [6, 6.07) is 18.8. The van der Waals surface area contributed by atoms with E-state index in [0.717, 1.165) is 16.9 Å². The molecule has 2 amide bonds. The smallest absolute Gasteiger partial charge is 0.242 e. The van der Waals surface area contributed by atoms with Crippen molar-refractivity contribution in [2.24, 2.45) is 5.92 Å². The molecular formula is C29H33Cl2N5O2. The SMILES string of the molecule is CC(C)CC(=O)N(CC(=O)N1CCN(c2ccc(-c3ccc(Cl)cc3Cl)nn2)CC1)C(C)c1ccccc1. The van der Waals surface area contributed by atoms with Gasteiger partial charge in [-0.1, -0.05) is 67.4 Å². The maximum Gasteiger partial charge on any atom is 0.242 e. The number of carbonyl (C=O) groups is 2. The number of piperazine rings is 1. The number of hydrogen-bond acceptors (Lipinski definition) is 5. The number of carbonyl (C=O) groups excluding carboxylic acids is 2. The highest BCUT2D eigenvalue weighted by molar-refractivity contribution is 6.36. The van der Waals surface area contributed by atoms with Crippen LogP contribution in [0.2, 0.25) is 10.0 Å². The van der Waals surface area contributed by atoms with E-state index in [-0.39, 0.29) is 30.3 Å². The second-order valence-electron chi connectivity index (χ2n) is 9.98. The van der Waals surface area contributed by atoms with Crippen LogP contribution in [-0.2, 0) is 9.59 Å². The Morgan fingerprint density at radius 2 is 1.63 bits per heavy atom. The third-order valence-electron chi connectivity index (χ3n) is 6.77. The molecule has 1 fully saturated rings. The first kappa shape index (κ1) is 27.9. The van der Waals surface area contributed by atoms with Gasteiger partial charge in [-0.2, -0.15) is 0 Å². The van der Waals surface area contributed by atoms with Crippen LogP contribution in [0, 0.1) is 5.92 Å². The fourth-order valence-electron chi connectivity index (χ4n) is 4.58. The molecule has 0 radical (unpaired) electrons. The highest BCUT2D eigenvalue weighted by Gasteiger charge is 2.28. The van der Waals surface area contributed by atoms with Gasteiger partial charge in [-0.05, 0) is 48.7 Å². The van der Waals surface area contributed by atoms with E-state index >= 15 is 0 Å². The van der Waals surface area contributed by atoms with Gasteiger partial charge in [-0.15, -0.1) is 10.2 Å². The molecule has 1 saturated heterocycles. The van der Waals surface area contributed by atoms with Crippen molar-refractivity contribution in [3.05, 3.63) is 76.3 Å². The van der Waals surface area contributed by atoms with Gasteiger partial charge >= 0.3 is 0 Å². The molecule has 0 aliphatic carbocycles. The van der Waals surface area contributed by atoms with Gasteiger partial charge in [0.15, 0.2) is 5.82 Å². The molecule has 9 heteroatoms. The summed E-state index contributed by atoms with van der Waals surface area (Å²) in [5, 5.41) is 9.84. The van der Waals surface area contributed by atoms with Crippen LogP contribution < -0.4 is 4.90 Å². The van der Waals surface area contributed by atoms with E-state index in [4.69, 9.17) is 23.2 Å². The summed E-state index contributed by atoms with van der Waals surface area (Å²) in [6.45, 7) is 8.46. The minimum absolute atomic E-state index is 0.000469. The molecule has 0 spiro atoms. The summed E-state index contributed by atoms with van der Waals surface area (Å²) in [5.74, 6) is 0.926. The van der Waals surface area contributed by atoms with Gasteiger partial charge in [0.2, 0.25) is 11.8 Å². The molecule has 1 aliphatic heterocycles. The molecule has 1 unspecified atom stereocenters. The van der Waals surface area contributed by atoms with Crippen molar-refractivity contribution >= 4 is 40.8 Å². The van der Waals surface area contributed by atoms with Gasteiger partial charge in [0, 0.05) is 43.2 Å². The van der Waals surface area contributed by atoms with Crippen LogP contribution in [0.1, 0.15) is 38.8 Å². The third-order valence-corrected chi connectivity index (χ3v) is 7.32. The van der Waals surface area contributed by atoms with Crippen LogP contribution in [0.4, 0.5) is 5.82 Å². The number of amides is 2. The Hall–Kier alpha value is -3.16. The Morgan fingerprint density at radius 3 is 2.24 bits per heavy atom. The van der Waals surface area contributed by atoms with Gasteiger partial charge in [0.05, 0.1) is 16.8 Å². The van der Waals surface area contributed by atoms with Crippen LogP contribution >= 0.6 is 23.2 Å². The number of hydrogen-bond donors (Lipinski definition) is 0. The second kappa shape index (κ2) is 12.6. The monoisotopic (exact) mass is 553 g/mol. The Bertz CT molecular complexity index is 1250. The number of nitrogens with zero attached hydrogens (tertiary/aromatic N) is 5. The summed E-state index contributed by atoms with van der Waals surface area (Å²) in [4.78, 5) is 32.1. The second-order valence-corrected chi connectivity index (χ2v) is 10.8. The number of anilines is 1. The highest BCUT2D eigenvalue weighted by Crippen LogP contribution is 2.29. The van der Waals surface area contributed by atoms with E-state index in [2.05, 4.69) is 15.1 Å². The summed E-state index contributed by atoms with van der Waals surface area (Å²) in [7, 11) is 0. The third kappa shape index (κ3) is 6.83. The lowest BCUT2D eigenvalue weighted by atomic mass is 10.0. The molecule has 2 heterocycles. The van der Waals surface area contributed by atoms with Crippen LogP contribution in [0.3, 0.4) is 0 Å².